The van der Waals surface area contributed by atoms with E-state index in [9.17, 15) is 8.42 Å². The zero-order valence-corrected chi connectivity index (χ0v) is 12.8. The molecule has 2 heterocycles. The van der Waals surface area contributed by atoms with Crippen LogP contribution in [0, 0.1) is 0 Å². The molecule has 2 rings (SSSR count). The first-order chi connectivity index (χ1) is 10.0. The van der Waals surface area contributed by atoms with Gasteiger partial charge >= 0.3 is 0 Å². The Kier molecular flexibility index (Phi) is 4.92. The van der Waals surface area contributed by atoms with E-state index in [4.69, 9.17) is 0 Å². The van der Waals surface area contributed by atoms with Gasteiger partial charge in [0.05, 0.1) is 11.7 Å². The standard InChI is InChI=1S/C13H19N5O2S/c1-3-6-14-11-5-4-7-17-13(11)21(19,20)18-10(2)12-15-8-9-16-12/h4-5,7-10,14,18H,3,6H2,1-2H3,(H,15,16). The summed E-state index contributed by atoms with van der Waals surface area (Å²) in [5.41, 5.74) is 0.499. The van der Waals surface area contributed by atoms with Crippen LogP contribution in [-0.2, 0) is 10.0 Å². The molecular formula is C13H19N5O2S. The van der Waals surface area contributed by atoms with Crippen molar-refractivity contribution in [3.63, 3.8) is 0 Å². The molecule has 0 aliphatic rings. The van der Waals surface area contributed by atoms with Crippen LogP contribution < -0.4 is 10.0 Å². The van der Waals surface area contributed by atoms with Crippen molar-refractivity contribution >= 4 is 15.7 Å². The van der Waals surface area contributed by atoms with Gasteiger partial charge in [0.1, 0.15) is 5.82 Å². The Morgan fingerprint density at radius 1 is 1.33 bits per heavy atom. The van der Waals surface area contributed by atoms with Gasteiger partial charge < -0.3 is 10.3 Å². The SMILES string of the molecule is CCCNc1cccnc1S(=O)(=O)NC(C)c1ncc[nH]1. The predicted octanol–water partition coefficient (Wildman–Crippen LogP) is 1.67. The minimum atomic E-state index is -3.73. The van der Waals surface area contributed by atoms with Crippen LogP contribution in [-0.4, -0.2) is 29.9 Å². The van der Waals surface area contributed by atoms with Gasteiger partial charge in [0.2, 0.25) is 0 Å². The Bertz CT molecular complexity index is 670. The molecule has 0 fully saturated rings. The molecule has 0 bridgehead atoms. The van der Waals surface area contributed by atoms with E-state index >= 15 is 0 Å². The van der Waals surface area contributed by atoms with Gasteiger partial charge in [-0.3, -0.25) is 0 Å². The van der Waals surface area contributed by atoms with Crippen LogP contribution in [0.1, 0.15) is 32.1 Å². The third kappa shape index (κ3) is 3.79. The summed E-state index contributed by atoms with van der Waals surface area (Å²) in [6.45, 7) is 4.41. The zero-order valence-electron chi connectivity index (χ0n) is 12.0. The molecule has 1 atom stereocenters. The summed E-state index contributed by atoms with van der Waals surface area (Å²) in [4.78, 5) is 10.9. The normalized spacial score (nSPS) is 13.0. The Morgan fingerprint density at radius 3 is 2.81 bits per heavy atom. The first-order valence-electron chi connectivity index (χ1n) is 6.75. The molecule has 1 unspecified atom stereocenters. The van der Waals surface area contributed by atoms with Crippen LogP contribution in [0.4, 0.5) is 5.69 Å². The summed E-state index contributed by atoms with van der Waals surface area (Å²) in [5, 5.41) is 3.07. The van der Waals surface area contributed by atoms with Gasteiger partial charge in [0, 0.05) is 25.1 Å². The van der Waals surface area contributed by atoms with E-state index in [-0.39, 0.29) is 5.03 Å². The Balaban J connectivity index is 2.23. The molecular weight excluding hydrogens is 290 g/mol. The summed E-state index contributed by atoms with van der Waals surface area (Å²) in [7, 11) is -3.73. The Hall–Kier alpha value is -1.93. The van der Waals surface area contributed by atoms with Gasteiger partial charge in [0.25, 0.3) is 10.0 Å². The van der Waals surface area contributed by atoms with Crippen LogP contribution in [0.2, 0.25) is 0 Å². The predicted molar refractivity (Wildman–Crippen MR) is 80.3 cm³/mol. The number of nitrogens with zero attached hydrogens (tertiary/aromatic N) is 2. The molecule has 114 valence electrons. The maximum Gasteiger partial charge on any atom is 0.260 e. The van der Waals surface area contributed by atoms with Crippen molar-refractivity contribution < 1.29 is 8.42 Å². The van der Waals surface area contributed by atoms with Crippen molar-refractivity contribution in [2.45, 2.75) is 31.3 Å². The fraction of sp³-hybridized carbons (Fsp3) is 0.385. The quantitative estimate of drug-likeness (QED) is 0.722. The molecule has 3 N–H and O–H groups in total. The smallest absolute Gasteiger partial charge is 0.260 e. The number of hydrogen-bond acceptors (Lipinski definition) is 5. The average molecular weight is 309 g/mol. The molecule has 0 spiro atoms. The minimum Gasteiger partial charge on any atom is -0.383 e. The highest BCUT2D eigenvalue weighted by Crippen LogP contribution is 2.20. The number of nitrogens with one attached hydrogen (secondary N) is 3. The molecule has 7 nitrogen and oxygen atoms in total. The number of imidazole rings is 1. The topological polar surface area (TPSA) is 99.8 Å². The molecule has 2 aromatic heterocycles. The summed E-state index contributed by atoms with van der Waals surface area (Å²) in [6, 6.07) is 2.94. The average Bonchev–Trinajstić information content (AvgIpc) is 2.99. The van der Waals surface area contributed by atoms with Gasteiger partial charge in [-0.1, -0.05) is 6.92 Å². The number of pyridine rings is 1. The molecule has 0 aliphatic heterocycles. The third-order valence-corrected chi connectivity index (χ3v) is 4.35. The van der Waals surface area contributed by atoms with Gasteiger partial charge in [-0.05, 0) is 25.5 Å². The summed E-state index contributed by atoms with van der Waals surface area (Å²) in [5.74, 6) is 0.553. The molecule has 2 aromatic rings. The highest BCUT2D eigenvalue weighted by Gasteiger charge is 2.23. The fourth-order valence-corrected chi connectivity index (χ4v) is 3.18. The van der Waals surface area contributed by atoms with Gasteiger partial charge in [-0.25, -0.2) is 18.4 Å². The first-order valence-corrected chi connectivity index (χ1v) is 8.23. The molecule has 8 heteroatoms. The van der Waals surface area contributed by atoms with E-state index < -0.39 is 16.1 Å². The number of hydrogen-bond donors (Lipinski definition) is 3. The monoisotopic (exact) mass is 309 g/mol. The number of rotatable bonds is 7. The molecule has 0 radical (unpaired) electrons. The van der Waals surface area contributed by atoms with Crippen LogP contribution in [0.3, 0.4) is 0 Å². The summed E-state index contributed by atoms with van der Waals surface area (Å²) in [6.07, 6.45) is 5.58. The number of aromatic amines is 1. The van der Waals surface area contributed by atoms with E-state index in [0.717, 1.165) is 6.42 Å². The lowest BCUT2D eigenvalue weighted by Crippen LogP contribution is -2.29. The lowest BCUT2D eigenvalue weighted by atomic mass is 10.3. The second-order valence-corrected chi connectivity index (χ2v) is 6.23. The van der Waals surface area contributed by atoms with Crippen molar-refractivity contribution in [2.24, 2.45) is 0 Å². The van der Waals surface area contributed by atoms with Crippen LogP contribution in [0.25, 0.3) is 0 Å². The highest BCUT2D eigenvalue weighted by molar-refractivity contribution is 7.89. The molecule has 21 heavy (non-hydrogen) atoms. The van der Waals surface area contributed by atoms with E-state index in [0.29, 0.717) is 18.1 Å². The van der Waals surface area contributed by atoms with Crippen molar-refractivity contribution in [1.29, 1.82) is 0 Å². The van der Waals surface area contributed by atoms with E-state index in [2.05, 4.69) is 25.0 Å². The largest absolute Gasteiger partial charge is 0.383 e. The van der Waals surface area contributed by atoms with Gasteiger partial charge in [0.15, 0.2) is 5.03 Å². The molecule has 0 aliphatic carbocycles. The molecule has 0 saturated heterocycles. The molecule has 0 amide bonds. The van der Waals surface area contributed by atoms with Crippen molar-refractivity contribution in [2.75, 3.05) is 11.9 Å². The van der Waals surface area contributed by atoms with E-state index in [1.54, 1.807) is 31.5 Å². The van der Waals surface area contributed by atoms with Crippen molar-refractivity contribution in [3.05, 3.63) is 36.5 Å². The van der Waals surface area contributed by atoms with Gasteiger partial charge in [-0.15, -0.1) is 0 Å². The minimum absolute atomic E-state index is 0.00291. The number of aromatic nitrogens is 3. The molecule has 0 aromatic carbocycles. The Morgan fingerprint density at radius 2 is 2.14 bits per heavy atom. The lowest BCUT2D eigenvalue weighted by Gasteiger charge is -2.14. The third-order valence-electron chi connectivity index (χ3n) is 2.85. The number of sulfonamides is 1. The summed E-state index contributed by atoms with van der Waals surface area (Å²) < 4.78 is 27.5. The second kappa shape index (κ2) is 6.68. The van der Waals surface area contributed by atoms with Gasteiger partial charge in [-0.2, -0.15) is 4.72 Å². The summed E-state index contributed by atoms with van der Waals surface area (Å²) >= 11 is 0. The van der Waals surface area contributed by atoms with E-state index in [1.807, 2.05) is 6.92 Å². The van der Waals surface area contributed by atoms with Crippen LogP contribution >= 0.6 is 0 Å². The van der Waals surface area contributed by atoms with Crippen molar-refractivity contribution in [3.8, 4) is 0 Å². The number of anilines is 1. The van der Waals surface area contributed by atoms with E-state index in [1.165, 1.54) is 6.20 Å². The Labute approximate surface area is 124 Å². The van der Waals surface area contributed by atoms with Crippen LogP contribution in [0.15, 0.2) is 35.7 Å². The maximum atomic E-state index is 12.5. The highest BCUT2D eigenvalue weighted by atomic mass is 32.2. The molecule has 0 saturated carbocycles. The van der Waals surface area contributed by atoms with Crippen molar-refractivity contribution in [1.82, 2.24) is 19.7 Å². The zero-order chi connectivity index (χ0) is 15.3. The maximum absolute atomic E-state index is 12.5. The number of H-pyrrole nitrogens is 1. The fourth-order valence-electron chi connectivity index (χ4n) is 1.86. The lowest BCUT2D eigenvalue weighted by molar-refractivity contribution is 0.558. The second-order valence-electron chi connectivity index (χ2n) is 4.60. The van der Waals surface area contributed by atoms with Crippen LogP contribution in [0.5, 0.6) is 0 Å². The first kappa shape index (κ1) is 15.5.